The lowest BCUT2D eigenvalue weighted by molar-refractivity contribution is 0.409. The van der Waals surface area contributed by atoms with Gasteiger partial charge in [-0.3, -0.25) is 14.3 Å². The molecule has 1 aliphatic rings. The Morgan fingerprint density at radius 1 is 1.17 bits per heavy atom. The molecule has 29 heavy (non-hydrogen) atoms. The molecular formula is C22H21FN4O2. The van der Waals surface area contributed by atoms with E-state index in [2.05, 4.69) is 4.98 Å². The molecule has 0 fully saturated rings. The second-order valence-electron chi connectivity index (χ2n) is 6.83. The Bertz CT molecular complexity index is 1130. The maximum absolute atomic E-state index is 14.6. The van der Waals surface area contributed by atoms with Crippen molar-refractivity contribution < 1.29 is 9.13 Å². The first-order chi connectivity index (χ1) is 14.1. The smallest absolute Gasteiger partial charge is 0.255 e. The standard InChI is InChI=1S/C22H21FN4O2/c1-26-20(28)13-18(15-8-10-24-11-9-15)25-22(26)27-12-4-5-16(14-27)21-17(23)6-3-7-19(21)29-2/h3,5-11,13H,4,12,14H2,1-2H3. The van der Waals surface area contributed by atoms with Crippen LogP contribution in [0.15, 0.2) is 59.7 Å². The van der Waals surface area contributed by atoms with Gasteiger partial charge in [0.25, 0.3) is 5.56 Å². The molecule has 4 rings (SSSR count). The Morgan fingerprint density at radius 3 is 2.72 bits per heavy atom. The molecule has 0 N–H and O–H groups in total. The van der Waals surface area contributed by atoms with E-state index in [1.807, 2.05) is 23.1 Å². The molecule has 148 valence electrons. The number of halogens is 1. The summed E-state index contributed by atoms with van der Waals surface area (Å²) in [5, 5.41) is 0. The molecule has 1 aliphatic heterocycles. The van der Waals surface area contributed by atoms with Gasteiger partial charge in [-0.2, -0.15) is 0 Å². The fourth-order valence-corrected chi connectivity index (χ4v) is 3.56. The number of hydrogen-bond donors (Lipinski definition) is 0. The van der Waals surface area contributed by atoms with E-state index in [-0.39, 0.29) is 11.4 Å². The molecule has 2 aromatic heterocycles. The highest BCUT2D eigenvalue weighted by molar-refractivity contribution is 5.75. The lowest BCUT2D eigenvalue weighted by atomic mass is 9.99. The first-order valence-electron chi connectivity index (χ1n) is 9.34. The van der Waals surface area contributed by atoms with Gasteiger partial charge in [0.2, 0.25) is 5.95 Å². The van der Waals surface area contributed by atoms with Crippen LogP contribution in [0.25, 0.3) is 16.8 Å². The first-order valence-corrected chi connectivity index (χ1v) is 9.34. The van der Waals surface area contributed by atoms with Crippen molar-refractivity contribution in [3.05, 3.63) is 76.6 Å². The molecule has 0 saturated heterocycles. The first kappa shape index (κ1) is 18.9. The van der Waals surface area contributed by atoms with Gasteiger partial charge in [-0.25, -0.2) is 9.37 Å². The van der Waals surface area contributed by atoms with Crippen LogP contribution in [0.1, 0.15) is 12.0 Å². The van der Waals surface area contributed by atoms with Gasteiger partial charge in [0, 0.05) is 44.2 Å². The van der Waals surface area contributed by atoms with Gasteiger partial charge in [-0.05, 0) is 36.3 Å². The van der Waals surface area contributed by atoms with Gasteiger partial charge in [-0.15, -0.1) is 0 Å². The van der Waals surface area contributed by atoms with E-state index < -0.39 is 0 Å². The molecule has 0 spiro atoms. The van der Waals surface area contributed by atoms with Crippen molar-refractivity contribution in [3.8, 4) is 17.0 Å². The summed E-state index contributed by atoms with van der Waals surface area (Å²) >= 11 is 0. The van der Waals surface area contributed by atoms with Crippen LogP contribution in [0.3, 0.4) is 0 Å². The van der Waals surface area contributed by atoms with Crippen LogP contribution in [0.5, 0.6) is 5.75 Å². The summed E-state index contributed by atoms with van der Waals surface area (Å²) in [5.41, 5.74) is 2.53. The van der Waals surface area contributed by atoms with Crippen LogP contribution in [0.2, 0.25) is 0 Å². The minimum atomic E-state index is -0.329. The highest BCUT2D eigenvalue weighted by Crippen LogP contribution is 2.32. The highest BCUT2D eigenvalue weighted by atomic mass is 19.1. The van der Waals surface area contributed by atoms with E-state index in [9.17, 15) is 9.18 Å². The molecule has 0 bridgehead atoms. The Hall–Kier alpha value is -3.48. The summed E-state index contributed by atoms with van der Waals surface area (Å²) in [6, 6.07) is 9.95. The second kappa shape index (κ2) is 7.87. The van der Waals surface area contributed by atoms with Crippen molar-refractivity contribution in [3.63, 3.8) is 0 Å². The number of rotatable bonds is 4. The van der Waals surface area contributed by atoms with E-state index in [4.69, 9.17) is 9.72 Å². The maximum Gasteiger partial charge on any atom is 0.255 e. The molecule has 3 aromatic rings. The fourth-order valence-electron chi connectivity index (χ4n) is 3.56. The quantitative estimate of drug-likeness (QED) is 0.682. The second-order valence-corrected chi connectivity index (χ2v) is 6.83. The molecule has 0 radical (unpaired) electrons. The molecule has 0 unspecified atom stereocenters. The number of hydrogen-bond acceptors (Lipinski definition) is 5. The zero-order valence-electron chi connectivity index (χ0n) is 16.3. The van der Waals surface area contributed by atoms with Crippen LogP contribution >= 0.6 is 0 Å². The monoisotopic (exact) mass is 392 g/mol. The highest BCUT2D eigenvalue weighted by Gasteiger charge is 2.23. The van der Waals surface area contributed by atoms with E-state index >= 15 is 0 Å². The largest absolute Gasteiger partial charge is 0.496 e. The molecule has 0 saturated carbocycles. The van der Waals surface area contributed by atoms with E-state index in [1.54, 1.807) is 31.6 Å². The third-order valence-corrected chi connectivity index (χ3v) is 5.04. The summed E-state index contributed by atoms with van der Waals surface area (Å²) in [4.78, 5) is 23.3. The maximum atomic E-state index is 14.6. The lowest BCUT2D eigenvalue weighted by Gasteiger charge is -2.30. The minimum absolute atomic E-state index is 0.151. The van der Waals surface area contributed by atoms with E-state index in [1.165, 1.54) is 23.8 Å². The van der Waals surface area contributed by atoms with E-state index in [0.29, 0.717) is 42.5 Å². The summed E-state index contributed by atoms with van der Waals surface area (Å²) in [7, 11) is 3.23. The van der Waals surface area contributed by atoms with Gasteiger partial charge in [-0.1, -0.05) is 12.1 Å². The number of ether oxygens (including phenoxy) is 1. The molecule has 0 amide bonds. The zero-order chi connectivity index (χ0) is 20.4. The average Bonchev–Trinajstić information content (AvgIpc) is 2.76. The van der Waals surface area contributed by atoms with Crippen LogP contribution in [0, 0.1) is 5.82 Å². The molecule has 0 atom stereocenters. The molecular weight excluding hydrogens is 371 g/mol. The van der Waals surface area contributed by atoms with Gasteiger partial charge < -0.3 is 9.64 Å². The van der Waals surface area contributed by atoms with Crippen LogP contribution < -0.4 is 15.2 Å². The topological polar surface area (TPSA) is 60.2 Å². The molecule has 0 aliphatic carbocycles. The molecule has 6 nitrogen and oxygen atoms in total. The van der Waals surface area contributed by atoms with Gasteiger partial charge in [0.05, 0.1) is 18.4 Å². The third-order valence-electron chi connectivity index (χ3n) is 5.04. The van der Waals surface area contributed by atoms with Crippen molar-refractivity contribution in [2.24, 2.45) is 7.05 Å². The number of aromatic nitrogens is 3. The van der Waals surface area contributed by atoms with Crippen molar-refractivity contribution in [1.29, 1.82) is 0 Å². The Balaban J connectivity index is 1.73. The van der Waals surface area contributed by atoms with Crippen molar-refractivity contribution in [1.82, 2.24) is 14.5 Å². The van der Waals surface area contributed by atoms with Crippen LogP contribution in [0.4, 0.5) is 10.3 Å². The predicted octanol–water partition coefficient (Wildman–Crippen LogP) is 3.28. The van der Waals surface area contributed by atoms with E-state index in [0.717, 1.165) is 11.1 Å². The average molecular weight is 392 g/mol. The summed E-state index contributed by atoms with van der Waals surface area (Å²) in [6.45, 7) is 1.11. The van der Waals surface area contributed by atoms with Gasteiger partial charge in [0.15, 0.2) is 0 Å². The number of methoxy groups -OCH3 is 1. The number of benzene rings is 1. The zero-order valence-corrected chi connectivity index (χ0v) is 16.3. The van der Waals surface area contributed by atoms with Gasteiger partial charge >= 0.3 is 0 Å². The minimum Gasteiger partial charge on any atom is -0.496 e. The molecule has 1 aromatic carbocycles. The van der Waals surface area contributed by atoms with Crippen molar-refractivity contribution >= 4 is 11.5 Å². The van der Waals surface area contributed by atoms with Crippen LogP contribution in [-0.4, -0.2) is 34.7 Å². The lowest BCUT2D eigenvalue weighted by Crippen LogP contribution is -2.35. The number of anilines is 1. The van der Waals surface area contributed by atoms with Crippen molar-refractivity contribution in [2.45, 2.75) is 6.42 Å². The summed E-state index contributed by atoms with van der Waals surface area (Å²) in [5.74, 6) is 0.709. The summed E-state index contributed by atoms with van der Waals surface area (Å²) < 4.78 is 21.4. The predicted molar refractivity (Wildman–Crippen MR) is 110 cm³/mol. The normalized spacial score (nSPS) is 13.9. The Kier molecular flexibility index (Phi) is 5.12. The molecule has 3 heterocycles. The SMILES string of the molecule is COc1cccc(F)c1C1=CCCN(c2nc(-c3ccncc3)cc(=O)n2C)C1. The Labute approximate surface area is 167 Å². The molecule has 7 heteroatoms. The van der Waals surface area contributed by atoms with Gasteiger partial charge in [0.1, 0.15) is 11.6 Å². The fraction of sp³-hybridized carbons (Fsp3) is 0.227. The number of nitrogens with zero attached hydrogens (tertiary/aromatic N) is 4. The third kappa shape index (κ3) is 3.63. The summed E-state index contributed by atoms with van der Waals surface area (Å²) in [6.07, 6.45) is 6.06. The number of pyridine rings is 1. The Morgan fingerprint density at radius 2 is 1.97 bits per heavy atom. The van der Waals surface area contributed by atoms with Crippen LogP contribution in [-0.2, 0) is 7.05 Å². The van der Waals surface area contributed by atoms with Crippen molar-refractivity contribution in [2.75, 3.05) is 25.1 Å².